The molecule has 2 aromatic rings. The van der Waals surface area contributed by atoms with Crippen molar-refractivity contribution < 1.29 is 0 Å². The van der Waals surface area contributed by atoms with Crippen molar-refractivity contribution in [3.63, 3.8) is 0 Å². The van der Waals surface area contributed by atoms with Gasteiger partial charge in [-0.05, 0) is 12.1 Å². The summed E-state index contributed by atoms with van der Waals surface area (Å²) in [6, 6.07) is 11.4. The summed E-state index contributed by atoms with van der Waals surface area (Å²) in [6.07, 6.45) is 0. The third kappa shape index (κ3) is 3.44. The Hall–Kier alpha value is -1.59. The zero-order chi connectivity index (χ0) is 12.1. The summed E-state index contributed by atoms with van der Waals surface area (Å²) >= 11 is 1.63. The van der Waals surface area contributed by atoms with Crippen molar-refractivity contribution in [2.24, 2.45) is 5.73 Å². The van der Waals surface area contributed by atoms with Gasteiger partial charge in [-0.25, -0.2) is 4.98 Å². The molecule has 0 saturated heterocycles. The minimum Gasteiger partial charge on any atom is -0.325 e. The van der Waals surface area contributed by atoms with Crippen LogP contribution in [-0.4, -0.2) is 9.97 Å². The van der Waals surface area contributed by atoms with Gasteiger partial charge in [0.2, 0.25) is 0 Å². The highest BCUT2D eigenvalue weighted by atomic mass is 32.2. The van der Waals surface area contributed by atoms with Gasteiger partial charge in [-0.1, -0.05) is 18.2 Å². The maximum atomic E-state index is 11.3. The summed E-state index contributed by atoms with van der Waals surface area (Å²) in [5.74, 6) is 1.29. The number of thioether (sulfide) groups is 1. The van der Waals surface area contributed by atoms with Crippen molar-refractivity contribution in [2.75, 3.05) is 0 Å². The Morgan fingerprint density at radius 2 is 2.06 bits per heavy atom. The van der Waals surface area contributed by atoms with Gasteiger partial charge < -0.3 is 10.7 Å². The van der Waals surface area contributed by atoms with Crippen LogP contribution in [0.3, 0.4) is 0 Å². The highest BCUT2D eigenvalue weighted by molar-refractivity contribution is 7.98. The van der Waals surface area contributed by atoms with Crippen LogP contribution in [0.4, 0.5) is 0 Å². The summed E-state index contributed by atoms with van der Waals surface area (Å²) in [4.78, 5) is 19.4. The summed E-state index contributed by atoms with van der Waals surface area (Å²) in [5, 5.41) is 0. The van der Waals surface area contributed by atoms with E-state index in [0.29, 0.717) is 17.3 Å². The number of benzene rings is 1. The Morgan fingerprint density at radius 1 is 1.29 bits per heavy atom. The molecule has 1 heterocycles. The van der Waals surface area contributed by atoms with Gasteiger partial charge in [0.25, 0.3) is 5.56 Å². The fraction of sp³-hybridized carbons (Fsp3) is 0.167. The van der Waals surface area contributed by atoms with Gasteiger partial charge in [0.15, 0.2) is 0 Å². The van der Waals surface area contributed by atoms with E-state index < -0.39 is 0 Å². The lowest BCUT2D eigenvalue weighted by atomic mass is 10.4. The van der Waals surface area contributed by atoms with Crippen molar-refractivity contribution in [1.82, 2.24) is 9.97 Å². The smallest absolute Gasteiger partial charge is 0.251 e. The van der Waals surface area contributed by atoms with E-state index in [1.54, 1.807) is 11.8 Å². The average Bonchev–Trinajstić information content (AvgIpc) is 2.37. The van der Waals surface area contributed by atoms with Crippen molar-refractivity contribution in [3.8, 4) is 0 Å². The van der Waals surface area contributed by atoms with Crippen LogP contribution in [0.1, 0.15) is 11.5 Å². The van der Waals surface area contributed by atoms with Crippen LogP contribution in [0, 0.1) is 0 Å². The third-order valence-corrected chi connectivity index (χ3v) is 3.19. The van der Waals surface area contributed by atoms with Crippen LogP contribution in [-0.2, 0) is 12.3 Å². The first kappa shape index (κ1) is 11.9. The number of rotatable bonds is 4. The molecule has 0 amide bonds. The molecule has 4 nitrogen and oxygen atoms in total. The Balaban J connectivity index is 2.09. The molecule has 17 heavy (non-hydrogen) atoms. The number of H-pyrrole nitrogens is 1. The highest BCUT2D eigenvalue weighted by Crippen LogP contribution is 2.19. The van der Waals surface area contributed by atoms with E-state index in [0.717, 1.165) is 4.90 Å². The van der Waals surface area contributed by atoms with Crippen molar-refractivity contribution in [1.29, 1.82) is 0 Å². The van der Waals surface area contributed by atoms with Gasteiger partial charge in [0, 0.05) is 17.5 Å². The molecule has 5 heteroatoms. The molecule has 0 radical (unpaired) electrons. The van der Waals surface area contributed by atoms with E-state index in [1.165, 1.54) is 6.07 Å². The Morgan fingerprint density at radius 3 is 2.76 bits per heavy atom. The van der Waals surface area contributed by atoms with Crippen LogP contribution in [0.25, 0.3) is 0 Å². The van der Waals surface area contributed by atoms with Crippen LogP contribution < -0.4 is 11.3 Å². The number of nitrogens with zero attached hydrogens (tertiary/aromatic N) is 1. The molecule has 0 aliphatic carbocycles. The molecule has 1 aromatic carbocycles. The SMILES string of the molecule is NCc1cc(=O)[nH]c(CSc2ccccc2)n1. The van der Waals surface area contributed by atoms with E-state index >= 15 is 0 Å². The predicted molar refractivity (Wildman–Crippen MR) is 68.8 cm³/mol. The number of nitrogens with one attached hydrogen (secondary N) is 1. The van der Waals surface area contributed by atoms with Crippen LogP contribution in [0.5, 0.6) is 0 Å². The predicted octanol–water partition coefficient (Wildman–Crippen LogP) is 1.52. The first-order valence-corrected chi connectivity index (χ1v) is 6.23. The molecule has 0 aliphatic rings. The summed E-state index contributed by atoms with van der Waals surface area (Å²) in [5.41, 5.74) is 5.95. The van der Waals surface area contributed by atoms with Gasteiger partial charge in [-0.2, -0.15) is 0 Å². The van der Waals surface area contributed by atoms with E-state index in [9.17, 15) is 4.79 Å². The molecule has 0 saturated carbocycles. The van der Waals surface area contributed by atoms with Gasteiger partial charge in [-0.3, -0.25) is 4.79 Å². The topological polar surface area (TPSA) is 71.8 Å². The second-order valence-electron chi connectivity index (χ2n) is 3.49. The van der Waals surface area contributed by atoms with Crippen molar-refractivity contribution in [2.45, 2.75) is 17.2 Å². The van der Waals surface area contributed by atoms with Gasteiger partial charge in [0.1, 0.15) is 5.82 Å². The lowest BCUT2D eigenvalue weighted by Crippen LogP contribution is -2.14. The quantitative estimate of drug-likeness (QED) is 0.804. The molecule has 2 rings (SSSR count). The third-order valence-electron chi connectivity index (χ3n) is 2.17. The standard InChI is InChI=1S/C12H13N3OS/c13-7-9-6-12(16)15-11(14-9)8-17-10-4-2-1-3-5-10/h1-6H,7-8,13H2,(H,14,15,16). The zero-order valence-corrected chi connectivity index (χ0v) is 10.0. The molecule has 0 fully saturated rings. The van der Waals surface area contributed by atoms with Crippen molar-refractivity contribution in [3.05, 3.63) is 58.3 Å². The number of hydrogen-bond acceptors (Lipinski definition) is 4. The molecule has 0 bridgehead atoms. The second-order valence-corrected chi connectivity index (χ2v) is 4.54. The van der Waals surface area contributed by atoms with E-state index in [4.69, 9.17) is 5.73 Å². The van der Waals surface area contributed by atoms with E-state index in [2.05, 4.69) is 9.97 Å². The van der Waals surface area contributed by atoms with Crippen LogP contribution >= 0.6 is 11.8 Å². The lowest BCUT2D eigenvalue weighted by molar-refractivity contribution is 0.902. The molecule has 0 aliphatic heterocycles. The minimum absolute atomic E-state index is 0.149. The first-order chi connectivity index (χ1) is 8.28. The van der Waals surface area contributed by atoms with E-state index in [1.807, 2.05) is 30.3 Å². The van der Waals surface area contributed by atoms with E-state index in [-0.39, 0.29) is 12.1 Å². The molecule has 3 N–H and O–H groups in total. The zero-order valence-electron chi connectivity index (χ0n) is 9.22. The average molecular weight is 247 g/mol. The number of nitrogens with two attached hydrogens (primary N) is 1. The van der Waals surface area contributed by atoms with Gasteiger partial charge in [0.05, 0.1) is 11.4 Å². The van der Waals surface area contributed by atoms with Gasteiger partial charge >= 0.3 is 0 Å². The molecule has 0 spiro atoms. The molecule has 1 aromatic heterocycles. The monoisotopic (exact) mass is 247 g/mol. The fourth-order valence-corrected chi connectivity index (χ4v) is 2.19. The summed E-state index contributed by atoms with van der Waals surface area (Å²) < 4.78 is 0. The molecule has 0 unspecified atom stereocenters. The largest absolute Gasteiger partial charge is 0.325 e. The van der Waals surface area contributed by atoms with Crippen molar-refractivity contribution >= 4 is 11.8 Å². The number of hydrogen-bond donors (Lipinski definition) is 2. The Bertz CT molecular complexity index is 539. The maximum absolute atomic E-state index is 11.3. The number of aromatic amines is 1. The molecule has 88 valence electrons. The normalized spacial score (nSPS) is 10.4. The fourth-order valence-electron chi connectivity index (χ4n) is 1.40. The molecule has 0 atom stereocenters. The molecular weight excluding hydrogens is 234 g/mol. The summed E-state index contributed by atoms with van der Waals surface area (Å²) in [7, 11) is 0. The minimum atomic E-state index is -0.149. The molecular formula is C12H13N3OS. The van der Waals surface area contributed by atoms with Gasteiger partial charge in [-0.15, -0.1) is 11.8 Å². The van der Waals surface area contributed by atoms with Crippen LogP contribution in [0.15, 0.2) is 46.1 Å². The number of aromatic nitrogens is 2. The highest BCUT2D eigenvalue weighted by Gasteiger charge is 2.01. The maximum Gasteiger partial charge on any atom is 0.251 e. The second kappa shape index (κ2) is 5.65. The Kier molecular flexibility index (Phi) is 3.95. The Labute approximate surface area is 103 Å². The summed E-state index contributed by atoms with van der Waals surface area (Å²) in [6.45, 7) is 0.285. The lowest BCUT2D eigenvalue weighted by Gasteiger charge is -2.02. The van der Waals surface area contributed by atoms with Crippen LogP contribution in [0.2, 0.25) is 0 Å². The first-order valence-electron chi connectivity index (χ1n) is 5.25.